The van der Waals surface area contributed by atoms with Crippen LogP contribution in [-0.2, 0) is 31.4 Å². The largest absolute Gasteiger partial charge is 0.453 e. The van der Waals surface area contributed by atoms with E-state index in [1.54, 1.807) is 0 Å². The minimum atomic E-state index is -3.60. The van der Waals surface area contributed by atoms with Gasteiger partial charge in [-0.25, -0.2) is 12.8 Å². The normalized spacial score (nSPS) is 20.8. The molecule has 1 aromatic heterocycles. The number of nitrogens with one attached hydrogen (secondary N) is 1. The maximum atomic E-state index is 14.0. The second kappa shape index (κ2) is 5.58. The van der Waals surface area contributed by atoms with E-state index in [1.165, 1.54) is 13.0 Å². The summed E-state index contributed by atoms with van der Waals surface area (Å²) in [6.07, 6.45) is 3.74. The number of benzene rings is 1. The van der Waals surface area contributed by atoms with Crippen molar-refractivity contribution in [2.75, 3.05) is 6.26 Å². The number of hydrogen-bond acceptors (Lipinski definition) is 4. The molecule has 0 spiro atoms. The Labute approximate surface area is 140 Å². The first kappa shape index (κ1) is 17.0. The maximum Gasteiger partial charge on any atom is 0.303 e. The number of ether oxygens (including phenoxy) is 1. The highest BCUT2D eigenvalue weighted by atomic mass is 32.2. The molecule has 1 atom stereocenters. The van der Waals surface area contributed by atoms with Crippen LogP contribution >= 0.6 is 0 Å². The maximum absolute atomic E-state index is 14.0. The molecule has 1 N–H and O–H groups in total. The minimum Gasteiger partial charge on any atom is -0.453 e. The molecule has 1 aliphatic rings. The Morgan fingerprint density at radius 3 is 2.71 bits per heavy atom. The van der Waals surface area contributed by atoms with Gasteiger partial charge in [-0.15, -0.1) is 0 Å². The van der Waals surface area contributed by atoms with Crippen LogP contribution in [0.15, 0.2) is 17.0 Å². The zero-order valence-electron chi connectivity index (χ0n) is 13.9. The Morgan fingerprint density at radius 2 is 2.12 bits per heavy atom. The molecule has 1 heterocycles. The van der Waals surface area contributed by atoms with Crippen molar-refractivity contribution in [3.8, 4) is 0 Å². The highest BCUT2D eigenvalue weighted by molar-refractivity contribution is 7.91. The lowest BCUT2D eigenvalue weighted by Crippen LogP contribution is -2.35. The molecule has 5 nitrogen and oxygen atoms in total. The molecule has 0 aliphatic heterocycles. The fraction of sp³-hybridized carbons (Fsp3) is 0.471. The Morgan fingerprint density at radius 1 is 1.42 bits per heavy atom. The Balaban J connectivity index is 2.36. The molecule has 0 amide bonds. The molecule has 1 aliphatic carbocycles. The van der Waals surface area contributed by atoms with Crippen molar-refractivity contribution < 1.29 is 22.3 Å². The number of aryl methyl sites for hydroxylation is 1. The second-order valence-corrected chi connectivity index (χ2v) is 8.36. The van der Waals surface area contributed by atoms with Crippen LogP contribution in [0.25, 0.3) is 10.9 Å². The summed E-state index contributed by atoms with van der Waals surface area (Å²) in [5, 5.41) is 0.551. The first-order valence-corrected chi connectivity index (χ1v) is 9.81. The van der Waals surface area contributed by atoms with E-state index in [1.807, 2.05) is 6.92 Å². The molecule has 2 aromatic rings. The number of carbonyl (C=O) groups is 1. The van der Waals surface area contributed by atoms with E-state index in [4.69, 9.17) is 4.74 Å². The predicted octanol–water partition coefficient (Wildman–Crippen LogP) is 3.22. The van der Waals surface area contributed by atoms with E-state index < -0.39 is 27.2 Å². The summed E-state index contributed by atoms with van der Waals surface area (Å²) < 4.78 is 43.7. The highest BCUT2D eigenvalue weighted by Gasteiger charge is 2.41. The molecular weight excluding hydrogens is 333 g/mol. The lowest BCUT2D eigenvalue weighted by atomic mass is 9.81. The molecule has 0 radical (unpaired) electrons. The van der Waals surface area contributed by atoms with Gasteiger partial charge in [0.2, 0.25) is 0 Å². The number of halogens is 1. The van der Waals surface area contributed by atoms with Gasteiger partial charge >= 0.3 is 5.97 Å². The quantitative estimate of drug-likeness (QED) is 0.860. The van der Waals surface area contributed by atoms with Crippen molar-refractivity contribution >= 4 is 26.7 Å². The van der Waals surface area contributed by atoms with Crippen molar-refractivity contribution in [3.63, 3.8) is 0 Å². The molecule has 3 rings (SSSR count). The van der Waals surface area contributed by atoms with Crippen LogP contribution < -0.4 is 0 Å². The molecular formula is C17H20FNO4S. The van der Waals surface area contributed by atoms with Crippen LogP contribution in [0.5, 0.6) is 0 Å². The standard InChI is InChI=1S/C17H20FNO4S/c1-4-17(23-10(2)20)7-5-6-12-13-8-11(18)9-14(24(3,21)22)15(13)19-16(12)17/h8-9,19H,4-7H2,1-3H3. The predicted molar refractivity (Wildman–Crippen MR) is 88.0 cm³/mol. The van der Waals surface area contributed by atoms with Gasteiger partial charge in [0.15, 0.2) is 15.4 Å². The van der Waals surface area contributed by atoms with Gasteiger partial charge in [-0.1, -0.05) is 6.92 Å². The molecule has 0 bridgehead atoms. The van der Waals surface area contributed by atoms with E-state index in [2.05, 4.69) is 4.98 Å². The van der Waals surface area contributed by atoms with Crippen LogP contribution in [0, 0.1) is 5.82 Å². The van der Waals surface area contributed by atoms with E-state index >= 15 is 0 Å². The van der Waals surface area contributed by atoms with E-state index in [0.717, 1.165) is 24.3 Å². The fourth-order valence-electron chi connectivity index (χ4n) is 3.70. The van der Waals surface area contributed by atoms with Crippen molar-refractivity contribution in [2.24, 2.45) is 0 Å². The summed E-state index contributed by atoms with van der Waals surface area (Å²) in [4.78, 5) is 14.7. The fourth-order valence-corrected chi connectivity index (χ4v) is 4.56. The number of esters is 1. The van der Waals surface area contributed by atoms with Gasteiger partial charge < -0.3 is 9.72 Å². The topological polar surface area (TPSA) is 76.2 Å². The summed E-state index contributed by atoms with van der Waals surface area (Å²) >= 11 is 0. The van der Waals surface area contributed by atoms with Crippen LogP contribution in [0.2, 0.25) is 0 Å². The lowest BCUT2D eigenvalue weighted by Gasteiger charge is -2.35. The van der Waals surface area contributed by atoms with Crippen LogP contribution in [0.3, 0.4) is 0 Å². The number of aromatic amines is 1. The molecule has 1 unspecified atom stereocenters. The molecule has 0 fully saturated rings. The first-order valence-electron chi connectivity index (χ1n) is 7.92. The Kier molecular flexibility index (Phi) is 3.94. The second-order valence-electron chi connectivity index (χ2n) is 6.37. The highest BCUT2D eigenvalue weighted by Crippen LogP contribution is 2.44. The monoisotopic (exact) mass is 353 g/mol. The number of H-pyrrole nitrogens is 1. The van der Waals surface area contributed by atoms with Gasteiger partial charge in [0, 0.05) is 18.6 Å². The number of rotatable bonds is 3. The average molecular weight is 353 g/mol. The van der Waals surface area contributed by atoms with E-state index in [-0.39, 0.29) is 4.90 Å². The van der Waals surface area contributed by atoms with Gasteiger partial charge in [0.1, 0.15) is 5.82 Å². The molecule has 0 saturated heterocycles. The van der Waals surface area contributed by atoms with Crippen molar-refractivity contribution in [1.29, 1.82) is 0 Å². The minimum absolute atomic E-state index is 0.0697. The number of aromatic nitrogens is 1. The number of fused-ring (bicyclic) bond motifs is 3. The summed E-state index contributed by atoms with van der Waals surface area (Å²) in [6, 6.07) is 2.37. The third kappa shape index (κ3) is 2.60. The molecule has 0 saturated carbocycles. The van der Waals surface area contributed by atoms with Crippen molar-refractivity contribution in [2.45, 2.75) is 50.0 Å². The van der Waals surface area contributed by atoms with Gasteiger partial charge in [-0.2, -0.15) is 0 Å². The Bertz CT molecular complexity index is 932. The molecule has 24 heavy (non-hydrogen) atoms. The van der Waals surface area contributed by atoms with Crippen LogP contribution in [-0.4, -0.2) is 25.6 Å². The zero-order valence-corrected chi connectivity index (χ0v) is 14.7. The van der Waals surface area contributed by atoms with Crippen LogP contribution in [0.4, 0.5) is 4.39 Å². The van der Waals surface area contributed by atoms with Crippen molar-refractivity contribution in [3.05, 3.63) is 29.2 Å². The van der Waals surface area contributed by atoms with Crippen molar-refractivity contribution in [1.82, 2.24) is 4.98 Å². The smallest absolute Gasteiger partial charge is 0.303 e. The summed E-state index contributed by atoms with van der Waals surface area (Å²) in [6.45, 7) is 3.28. The zero-order chi connectivity index (χ0) is 17.7. The lowest BCUT2D eigenvalue weighted by molar-refractivity contribution is -0.161. The molecule has 7 heteroatoms. The third-order valence-corrected chi connectivity index (χ3v) is 5.84. The summed E-state index contributed by atoms with van der Waals surface area (Å²) in [5.41, 5.74) is 1.10. The van der Waals surface area contributed by atoms with Crippen LogP contribution in [0.1, 0.15) is 44.4 Å². The number of hydrogen-bond donors (Lipinski definition) is 1. The van der Waals surface area contributed by atoms with Gasteiger partial charge in [-0.05, 0) is 43.4 Å². The Hall–Kier alpha value is -1.89. The van der Waals surface area contributed by atoms with Gasteiger partial charge in [0.25, 0.3) is 0 Å². The van der Waals surface area contributed by atoms with E-state index in [9.17, 15) is 17.6 Å². The van der Waals surface area contributed by atoms with Gasteiger partial charge in [-0.3, -0.25) is 4.79 Å². The van der Waals surface area contributed by atoms with E-state index in [0.29, 0.717) is 35.9 Å². The number of sulfone groups is 1. The average Bonchev–Trinajstić information content (AvgIpc) is 2.85. The first-order chi connectivity index (χ1) is 11.2. The van der Waals surface area contributed by atoms with Gasteiger partial charge in [0.05, 0.1) is 16.1 Å². The summed E-state index contributed by atoms with van der Waals surface area (Å²) in [5.74, 6) is -0.984. The summed E-state index contributed by atoms with van der Waals surface area (Å²) in [7, 11) is -3.60. The molecule has 130 valence electrons. The molecule has 1 aromatic carbocycles. The third-order valence-electron chi connectivity index (χ3n) is 4.72. The number of carbonyl (C=O) groups excluding carboxylic acids is 1. The SMILES string of the molecule is CCC1(OC(C)=O)CCCc2c1[nH]c1c(S(C)(=O)=O)cc(F)cc21.